The molecular weight excluding hydrogens is 340 g/mol. The van der Waals surface area contributed by atoms with Crippen molar-refractivity contribution in [1.82, 2.24) is 10.3 Å². The Balaban J connectivity index is 1.60. The van der Waals surface area contributed by atoms with Crippen LogP contribution in [0.2, 0.25) is 0 Å². The molecule has 0 bridgehead atoms. The minimum absolute atomic E-state index is 0.203. The summed E-state index contributed by atoms with van der Waals surface area (Å²) in [6.07, 6.45) is 0.974. The number of ether oxygens (including phenoxy) is 1. The Bertz CT molecular complexity index is 827. The van der Waals surface area contributed by atoms with Gasteiger partial charge >= 0.3 is 0 Å². The van der Waals surface area contributed by atoms with Gasteiger partial charge in [-0.2, -0.15) is 0 Å². The first-order chi connectivity index (χ1) is 12.1. The summed E-state index contributed by atoms with van der Waals surface area (Å²) in [6, 6.07) is 10.7. The van der Waals surface area contributed by atoms with Crippen molar-refractivity contribution >= 4 is 17.2 Å². The van der Waals surface area contributed by atoms with Crippen molar-refractivity contribution < 1.29 is 19.1 Å². The van der Waals surface area contributed by atoms with E-state index in [4.69, 9.17) is 9.15 Å². The van der Waals surface area contributed by atoms with Crippen molar-refractivity contribution in [3.8, 4) is 16.5 Å². The third kappa shape index (κ3) is 4.68. The average Bonchev–Trinajstić information content (AvgIpc) is 3.29. The molecule has 2 N–H and O–H groups in total. The number of aromatic nitrogens is 1. The zero-order chi connectivity index (χ0) is 17.6. The molecule has 0 aliphatic heterocycles. The van der Waals surface area contributed by atoms with Gasteiger partial charge < -0.3 is 19.6 Å². The van der Waals surface area contributed by atoms with Crippen LogP contribution < -0.4 is 10.1 Å². The van der Waals surface area contributed by atoms with Crippen molar-refractivity contribution in [2.24, 2.45) is 0 Å². The molecule has 6 nitrogen and oxygen atoms in total. The number of benzene rings is 1. The molecule has 0 aliphatic rings. The number of carbonyl (C=O) groups is 1. The second-order valence-electron chi connectivity index (χ2n) is 5.50. The number of oxazole rings is 1. The quantitative estimate of drug-likeness (QED) is 0.678. The third-order valence-electron chi connectivity index (χ3n) is 3.32. The number of nitrogens with zero attached hydrogens (tertiary/aromatic N) is 1. The van der Waals surface area contributed by atoms with Crippen molar-refractivity contribution in [2.75, 3.05) is 6.54 Å². The maximum absolute atomic E-state index is 12.0. The van der Waals surface area contributed by atoms with E-state index in [9.17, 15) is 9.90 Å². The monoisotopic (exact) mass is 358 g/mol. The van der Waals surface area contributed by atoms with Crippen LogP contribution in [-0.2, 0) is 6.61 Å². The summed E-state index contributed by atoms with van der Waals surface area (Å²) in [5, 5.41) is 13.8. The second kappa shape index (κ2) is 7.96. The van der Waals surface area contributed by atoms with E-state index in [1.807, 2.05) is 17.5 Å². The number of carbonyl (C=O) groups excluding carboxylic acids is 1. The van der Waals surface area contributed by atoms with Gasteiger partial charge in [0.05, 0.1) is 11.0 Å². The first-order valence-corrected chi connectivity index (χ1v) is 8.67. The molecule has 0 spiro atoms. The highest BCUT2D eigenvalue weighted by Gasteiger charge is 2.10. The Kier molecular flexibility index (Phi) is 5.47. The van der Waals surface area contributed by atoms with E-state index in [2.05, 4.69) is 10.3 Å². The van der Waals surface area contributed by atoms with Crippen LogP contribution in [0, 0.1) is 0 Å². The molecule has 1 unspecified atom stereocenters. The molecule has 7 heteroatoms. The number of amides is 1. The van der Waals surface area contributed by atoms with Gasteiger partial charge in [-0.3, -0.25) is 4.79 Å². The molecule has 1 atom stereocenters. The van der Waals surface area contributed by atoms with Gasteiger partial charge in [0.2, 0.25) is 5.89 Å². The predicted octanol–water partition coefficient (Wildman–Crippen LogP) is 3.09. The maximum atomic E-state index is 12.0. The van der Waals surface area contributed by atoms with Gasteiger partial charge in [-0.1, -0.05) is 12.1 Å². The number of aliphatic hydroxyl groups excluding tert-OH is 1. The predicted molar refractivity (Wildman–Crippen MR) is 94.6 cm³/mol. The lowest BCUT2D eigenvalue weighted by atomic mass is 10.2. The van der Waals surface area contributed by atoms with Crippen LogP contribution >= 0.6 is 11.3 Å². The van der Waals surface area contributed by atoms with Crippen molar-refractivity contribution in [3.63, 3.8) is 0 Å². The first kappa shape index (κ1) is 17.2. The molecule has 130 valence electrons. The van der Waals surface area contributed by atoms with Gasteiger partial charge in [0.1, 0.15) is 24.3 Å². The molecule has 0 radical (unpaired) electrons. The SMILES string of the molecule is CC(O)CNC(=O)c1cccc(OCc2coc(-c3cccs3)n2)c1. The van der Waals surface area contributed by atoms with E-state index in [1.165, 1.54) is 0 Å². The maximum Gasteiger partial charge on any atom is 0.251 e. The van der Waals surface area contributed by atoms with Crippen LogP contribution in [0.3, 0.4) is 0 Å². The first-order valence-electron chi connectivity index (χ1n) is 7.79. The van der Waals surface area contributed by atoms with Gasteiger partial charge in [-0.05, 0) is 36.6 Å². The van der Waals surface area contributed by atoms with Gasteiger partial charge in [0.15, 0.2) is 0 Å². The van der Waals surface area contributed by atoms with E-state index in [-0.39, 0.29) is 19.1 Å². The zero-order valence-electron chi connectivity index (χ0n) is 13.6. The number of hydrogen-bond acceptors (Lipinski definition) is 6. The molecule has 0 saturated heterocycles. The fourth-order valence-electron chi connectivity index (χ4n) is 2.11. The lowest BCUT2D eigenvalue weighted by Crippen LogP contribution is -2.30. The Morgan fingerprint density at radius 2 is 2.28 bits per heavy atom. The van der Waals surface area contributed by atoms with Crippen molar-refractivity contribution in [2.45, 2.75) is 19.6 Å². The normalized spacial score (nSPS) is 11.9. The fourth-order valence-corrected chi connectivity index (χ4v) is 2.77. The molecule has 3 aromatic rings. The lowest BCUT2D eigenvalue weighted by molar-refractivity contribution is 0.0923. The summed E-state index contributed by atoms with van der Waals surface area (Å²) in [6.45, 7) is 2.06. The zero-order valence-corrected chi connectivity index (χ0v) is 14.5. The third-order valence-corrected chi connectivity index (χ3v) is 4.18. The van der Waals surface area contributed by atoms with E-state index in [0.717, 1.165) is 4.88 Å². The Morgan fingerprint density at radius 3 is 3.04 bits per heavy atom. The molecule has 0 saturated carbocycles. The number of nitrogens with one attached hydrogen (secondary N) is 1. The minimum Gasteiger partial charge on any atom is -0.487 e. The summed E-state index contributed by atoms with van der Waals surface area (Å²) >= 11 is 1.56. The molecule has 1 aromatic carbocycles. The van der Waals surface area contributed by atoms with E-state index < -0.39 is 6.10 Å². The van der Waals surface area contributed by atoms with Crippen LogP contribution in [0.25, 0.3) is 10.8 Å². The van der Waals surface area contributed by atoms with E-state index >= 15 is 0 Å². The molecule has 0 aliphatic carbocycles. The summed E-state index contributed by atoms with van der Waals surface area (Å²) in [5.41, 5.74) is 1.14. The molecule has 0 fully saturated rings. The Morgan fingerprint density at radius 1 is 1.40 bits per heavy atom. The van der Waals surface area contributed by atoms with E-state index in [0.29, 0.717) is 22.9 Å². The smallest absolute Gasteiger partial charge is 0.251 e. The van der Waals surface area contributed by atoms with E-state index in [1.54, 1.807) is 48.8 Å². The number of thiophene rings is 1. The highest BCUT2D eigenvalue weighted by molar-refractivity contribution is 7.13. The molecule has 25 heavy (non-hydrogen) atoms. The van der Waals surface area contributed by atoms with Crippen LogP contribution in [0.5, 0.6) is 5.75 Å². The number of hydrogen-bond donors (Lipinski definition) is 2. The molecule has 2 heterocycles. The van der Waals surface area contributed by atoms with Crippen molar-refractivity contribution in [1.29, 1.82) is 0 Å². The van der Waals surface area contributed by atoms with Crippen LogP contribution in [0.4, 0.5) is 0 Å². The average molecular weight is 358 g/mol. The number of aliphatic hydroxyl groups is 1. The van der Waals surface area contributed by atoms with Gasteiger partial charge in [-0.15, -0.1) is 11.3 Å². The summed E-state index contributed by atoms with van der Waals surface area (Å²) in [7, 11) is 0. The second-order valence-corrected chi connectivity index (χ2v) is 6.44. The summed E-state index contributed by atoms with van der Waals surface area (Å²) in [5.74, 6) is 0.873. The van der Waals surface area contributed by atoms with Crippen molar-refractivity contribution in [3.05, 3.63) is 59.3 Å². The van der Waals surface area contributed by atoms with Crippen LogP contribution in [-0.4, -0.2) is 28.6 Å². The van der Waals surface area contributed by atoms with Gasteiger partial charge in [-0.25, -0.2) is 4.98 Å². The van der Waals surface area contributed by atoms with Crippen LogP contribution in [0.15, 0.2) is 52.5 Å². The van der Waals surface area contributed by atoms with Gasteiger partial charge in [0, 0.05) is 12.1 Å². The van der Waals surface area contributed by atoms with Gasteiger partial charge in [0.25, 0.3) is 5.91 Å². The molecule has 2 aromatic heterocycles. The topological polar surface area (TPSA) is 84.6 Å². The summed E-state index contributed by atoms with van der Waals surface area (Å²) < 4.78 is 11.1. The fraction of sp³-hybridized carbons (Fsp3) is 0.222. The molecular formula is C18H18N2O4S. The Labute approximate surface area is 149 Å². The highest BCUT2D eigenvalue weighted by atomic mass is 32.1. The largest absolute Gasteiger partial charge is 0.487 e. The Hall–Kier alpha value is -2.64. The molecule has 1 amide bonds. The summed E-state index contributed by atoms with van der Waals surface area (Å²) in [4.78, 5) is 17.4. The standard InChI is InChI=1S/C18H18N2O4S/c1-12(21)9-19-17(22)13-4-2-5-15(8-13)23-10-14-11-24-18(20-14)16-6-3-7-25-16/h2-8,11-12,21H,9-10H2,1H3,(H,19,22). The molecule has 3 rings (SSSR count). The number of rotatable bonds is 7. The highest BCUT2D eigenvalue weighted by Crippen LogP contribution is 2.24. The minimum atomic E-state index is -0.590. The van der Waals surface area contributed by atoms with Crippen LogP contribution in [0.1, 0.15) is 23.0 Å². The lowest BCUT2D eigenvalue weighted by Gasteiger charge is -2.09.